The average Bonchev–Trinajstić information content (AvgIpc) is 3.13. The van der Waals surface area contributed by atoms with Crippen molar-refractivity contribution in [3.05, 3.63) is 58.7 Å². The first-order chi connectivity index (χ1) is 25.9. The van der Waals surface area contributed by atoms with Crippen LogP contribution in [0.15, 0.2) is 36.4 Å². The van der Waals surface area contributed by atoms with Crippen LogP contribution in [0.5, 0.6) is 5.75 Å². The number of carbonyl (C=O) groups is 5. The summed E-state index contributed by atoms with van der Waals surface area (Å²) in [6.45, 7) is 15.6. The van der Waals surface area contributed by atoms with Crippen LogP contribution in [-0.4, -0.2) is 46.7 Å². The van der Waals surface area contributed by atoms with Crippen LogP contribution in [0.2, 0.25) is 0 Å². The van der Waals surface area contributed by atoms with E-state index in [2.05, 4.69) is 41.2 Å². The molecule has 10 heteroatoms. The molecule has 0 radical (unpaired) electrons. The van der Waals surface area contributed by atoms with E-state index in [0.717, 1.165) is 68.9 Å². The summed E-state index contributed by atoms with van der Waals surface area (Å²) < 4.78 is 0. The molecule has 5 N–H and O–H groups in total. The Morgan fingerprint density at radius 3 is 1.78 bits per heavy atom. The van der Waals surface area contributed by atoms with Crippen molar-refractivity contribution in [2.45, 2.75) is 149 Å². The molecule has 2 fully saturated rings. The third kappa shape index (κ3) is 7.19. The van der Waals surface area contributed by atoms with Gasteiger partial charge in [0.15, 0.2) is 0 Å². The van der Waals surface area contributed by atoms with Gasteiger partial charge in [-0.25, -0.2) is 0 Å². The Bertz CT molecular complexity index is 1870. The lowest BCUT2D eigenvalue weighted by molar-refractivity contribution is -0.150. The van der Waals surface area contributed by atoms with E-state index in [9.17, 15) is 29.1 Å². The molecule has 0 heterocycles. The van der Waals surface area contributed by atoms with E-state index in [1.54, 1.807) is 19.9 Å². The molecule has 55 heavy (non-hydrogen) atoms. The number of phenolic OH excluding ortho intramolecular Hbond substituents is 1. The zero-order valence-corrected chi connectivity index (χ0v) is 34.1. The van der Waals surface area contributed by atoms with E-state index in [4.69, 9.17) is 0 Å². The molecular formula is C45H62N4O6. The third-order valence-corrected chi connectivity index (χ3v) is 14.6. The molecule has 0 bridgehead atoms. The number of fused-ring (bicyclic) bond motifs is 6. The Labute approximate surface area is 326 Å². The third-order valence-electron chi connectivity index (χ3n) is 14.6. The van der Waals surface area contributed by atoms with Crippen LogP contribution in [0, 0.1) is 28.6 Å². The van der Waals surface area contributed by atoms with E-state index in [-0.39, 0.29) is 64.4 Å². The predicted octanol–water partition coefficient (Wildman–Crippen LogP) is 6.75. The van der Waals surface area contributed by atoms with Crippen LogP contribution in [0.3, 0.4) is 0 Å². The lowest BCUT2D eigenvalue weighted by Crippen LogP contribution is -2.60. The number of phenols is 1. The minimum atomic E-state index is -0.842. The highest BCUT2D eigenvalue weighted by Crippen LogP contribution is 2.59. The number of aromatic hydroxyl groups is 1. The van der Waals surface area contributed by atoms with Gasteiger partial charge < -0.3 is 21.1 Å². The van der Waals surface area contributed by atoms with Crippen molar-refractivity contribution in [2.75, 3.05) is 5.32 Å². The minimum absolute atomic E-state index is 0.0153. The summed E-state index contributed by atoms with van der Waals surface area (Å²) in [5.41, 5.74) is 3.20. The number of benzene rings is 2. The second-order valence-corrected chi connectivity index (χ2v) is 18.4. The molecule has 0 spiro atoms. The largest absolute Gasteiger partial charge is 0.508 e. The highest BCUT2D eigenvalue weighted by Gasteiger charge is 2.58. The number of rotatable bonds is 9. The van der Waals surface area contributed by atoms with Crippen molar-refractivity contribution in [3.63, 3.8) is 0 Å². The molecule has 0 saturated heterocycles. The number of carbonyl (C=O) groups excluding carboxylic acids is 5. The molecule has 298 valence electrons. The van der Waals surface area contributed by atoms with Gasteiger partial charge in [-0.3, -0.25) is 29.3 Å². The second kappa shape index (κ2) is 15.0. The summed E-state index contributed by atoms with van der Waals surface area (Å²) in [4.78, 5) is 67.5. The normalized spacial score (nSPS) is 30.6. The standard InChI is InChI=1S/C45H62N4O6/c1-9-36(51)48-37(26(2)3)39(53)46-27(4)38(52)47-30-16-12-28-14-18-34-42(5,32(28)24-30)20-10-22-44(34,7)40(54)49-41(55)45(8)23-11-21-43(6)33-25-31(50)17-13-29(33)15-19-35(43)45/h12-13,16-17,24-27,34-35,37,50H,9-11,14-15,18-23H2,1-8H3,(H,46,53)(H,47,52)(H,48,51)(H,49,54,55)/t27-,34+,35+,37-,42+,43+,44-,45-/m0/s1. The van der Waals surface area contributed by atoms with Gasteiger partial charge in [0.25, 0.3) is 0 Å². The summed E-state index contributed by atoms with van der Waals surface area (Å²) in [6, 6.07) is 10.0. The first-order valence-corrected chi connectivity index (χ1v) is 20.6. The van der Waals surface area contributed by atoms with Gasteiger partial charge in [0.05, 0.1) is 10.8 Å². The Hall–Kier alpha value is -4.21. The van der Waals surface area contributed by atoms with E-state index in [1.165, 1.54) is 11.1 Å². The van der Waals surface area contributed by atoms with Gasteiger partial charge in [0.1, 0.15) is 17.8 Å². The van der Waals surface area contributed by atoms with E-state index < -0.39 is 28.8 Å². The van der Waals surface area contributed by atoms with Crippen molar-refractivity contribution in [2.24, 2.45) is 28.6 Å². The fourth-order valence-corrected chi connectivity index (χ4v) is 11.3. The average molecular weight is 755 g/mol. The number of nitrogens with one attached hydrogen (secondary N) is 4. The topological polar surface area (TPSA) is 154 Å². The molecule has 2 aromatic carbocycles. The number of aryl methyl sites for hydroxylation is 2. The van der Waals surface area contributed by atoms with Gasteiger partial charge in [0.2, 0.25) is 29.5 Å². The highest BCUT2D eigenvalue weighted by atomic mass is 16.3. The molecular weight excluding hydrogens is 693 g/mol. The summed E-state index contributed by atoms with van der Waals surface area (Å²) in [5, 5.41) is 21.9. The van der Waals surface area contributed by atoms with E-state index >= 15 is 0 Å². The first-order valence-electron chi connectivity index (χ1n) is 20.6. The molecule has 0 aliphatic heterocycles. The highest BCUT2D eigenvalue weighted by molar-refractivity contribution is 6.01. The lowest BCUT2D eigenvalue weighted by Gasteiger charge is -2.56. The quantitative estimate of drug-likeness (QED) is 0.179. The van der Waals surface area contributed by atoms with Crippen LogP contribution in [0.25, 0.3) is 0 Å². The van der Waals surface area contributed by atoms with Gasteiger partial charge in [-0.15, -0.1) is 0 Å². The molecule has 4 aliphatic rings. The molecule has 0 aromatic heterocycles. The van der Waals surface area contributed by atoms with Crippen LogP contribution < -0.4 is 21.3 Å². The first kappa shape index (κ1) is 40.5. The fraction of sp³-hybridized carbons (Fsp3) is 0.622. The number of imide groups is 1. The van der Waals surface area contributed by atoms with Crippen molar-refractivity contribution in [1.29, 1.82) is 0 Å². The van der Waals surface area contributed by atoms with Crippen molar-refractivity contribution in [1.82, 2.24) is 16.0 Å². The van der Waals surface area contributed by atoms with Crippen molar-refractivity contribution in [3.8, 4) is 5.75 Å². The van der Waals surface area contributed by atoms with Crippen LogP contribution in [0.4, 0.5) is 5.69 Å². The number of hydrogen-bond donors (Lipinski definition) is 5. The van der Waals surface area contributed by atoms with Crippen molar-refractivity contribution >= 4 is 35.2 Å². The maximum absolute atomic E-state index is 14.6. The zero-order chi connectivity index (χ0) is 40.1. The van der Waals surface area contributed by atoms with Crippen LogP contribution in [0.1, 0.15) is 135 Å². The van der Waals surface area contributed by atoms with Crippen molar-refractivity contribution < 1.29 is 29.1 Å². The van der Waals surface area contributed by atoms with Gasteiger partial charge in [-0.05, 0) is 133 Å². The smallest absolute Gasteiger partial charge is 0.246 e. The molecule has 8 atom stereocenters. The summed E-state index contributed by atoms with van der Waals surface area (Å²) >= 11 is 0. The molecule has 10 nitrogen and oxygen atoms in total. The fourth-order valence-electron chi connectivity index (χ4n) is 11.3. The molecule has 6 rings (SSSR count). The van der Waals surface area contributed by atoms with Gasteiger partial charge in [-0.2, -0.15) is 0 Å². The number of hydrogen-bond acceptors (Lipinski definition) is 6. The number of amides is 5. The number of anilines is 1. The molecule has 4 aliphatic carbocycles. The Morgan fingerprint density at radius 2 is 1.25 bits per heavy atom. The maximum Gasteiger partial charge on any atom is 0.246 e. The zero-order valence-electron chi connectivity index (χ0n) is 34.1. The molecule has 0 unspecified atom stereocenters. The van der Waals surface area contributed by atoms with Crippen LogP contribution >= 0.6 is 0 Å². The molecule has 5 amide bonds. The Kier molecular flexibility index (Phi) is 11.1. The molecule has 2 saturated carbocycles. The maximum atomic E-state index is 14.6. The summed E-state index contributed by atoms with van der Waals surface area (Å²) in [7, 11) is 0. The van der Waals surface area contributed by atoms with Crippen LogP contribution in [-0.2, 0) is 47.6 Å². The predicted molar refractivity (Wildman–Crippen MR) is 213 cm³/mol. The van der Waals surface area contributed by atoms with Gasteiger partial charge in [-0.1, -0.05) is 73.4 Å². The Morgan fingerprint density at radius 1 is 0.727 bits per heavy atom. The van der Waals surface area contributed by atoms with Gasteiger partial charge in [0, 0.05) is 12.1 Å². The van der Waals surface area contributed by atoms with Gasteiger partial charge >= 0.3 is 0 Å². The van der Waals surface area contributed by atoms with E-state index in [0.29, 0.717) is 12.1 Å². The molecule has 2 aromatic rings. The van der Waals surface area contributed by atoms with E-state index in [1.807, 2.05) is 52.0 Å². The lowest BCUT2D eigenvalue weighted by atomic mass is 9.49. The SMILES string of the molecule is CCC(=O)N[C@H](C(=O)N[C@@H](C)C(=O)Nc1ccc2c(c1)[C@@]1(C)CCC[C@](C)(C(=O)NC(=O)[C@@]3(C)CCC[C@]4(C)c5cc(O)ccc5CC[C@@H]34)[C@@H]1CC2)C(C)C. The second-order valence-electron chi connectivity index (χ2n) is 18.4. The summed E-state index contributed by atoms with van der Waals surface area (Å²) in [5.74, 6) is -1.25. The Balaban J connectivity index is 1.17. The monoisotopic (exact) mass is 754 g/mol. The minimum Gasteiger partial charge on any atom is -0.508 e. The summed E-state index contributed by atoms with van der Waals surface area (Å²) in [6.07, 6.45) is 8.51.